The van der Waals surface area contributed by atoms with E-state index in [9.17, 15) is 0 Å². The molecule has 0 aromatic heterocycles. The number of rotatable bonds is 4. The molecule has 0 radical (unpaired) electrons. The molecular formula is C24H29OS+. The van der Waals surface area contributed by atoms with E-state index in [2.05, 4.69) is 106 Å². The van der Waals surface area contributed by atoms with Crippen molar-refractivity contribution in [2.45, 2.75) is 54.9 Å². The first-order chi connectivity index (χ1) is 12.5. The van der Waals surface area contributed by atoms with Gasteiger partial charge in [0.2, 0.25) is 0 Å². The van der Waals surface area contributed by atoms with Crippen LogP contribution >= 0.6 is 0 Å². The molecule has 0 spiro atoms. The van der Waals surface area contributed by atoms with Crippen LogP contribution in [0.2, 0.25) is 0 Å². The van der Waals surface area contributed by atoms with Gasteiger partial charge in [-0.2, -0.15) is 0 Å². The highest BCUT2D eigenvalue weighted by molar-refractivity contribution is 7.97. The molecule has 136 valence electrons. The molecule has 2 heteroatoms. The van der Waals surface area contributed by atoms with E-state index in [1.54, 1.807) is 0 Å². The van der Waals surface area contributed by atoms with Gasteiger partial charge in [-0.3, -0.25) is 0 Å². The fourth-order valence-corrected chi connectivity index (χ4v) is 4.60. The second-order valence-electron chi connectivity index (χ2n) is 6.62. The van der Waals surface area contributed by atoms with Gasteiger partial charge in [-0.15, -0.1) is 0 Å². The summed E-state index contributed by atoms with van der Waals surface area (Å²) < 4.78 is 5.95. The largest absolute Gasteiger partial charge is 0.488 e. The molecule has 3 aromatic rings. The van der Waals surface area contributed by atoms with Crippen molar-refractivity contribution in [3.05, 3.63) is 84.9 Å². The molecular weight excluding hydrogens is 336 g/mol. The van der Waals surface area contributed by atoms with E-state index < -0.39 is 0 Å². The Kier molecular flexibility index (Phi) is 7.35. The molecule has 0 atom stereocenters. The summed E-state index contributed by atoms with van der Waals surface area (Å²) in [6.07, 6.45) is 0. The van der Waals surface area contributed by atoms with Gasteiger partial charge in [-0.1, -0.05) is 50.2 Å². The van der Waals surface area contributed by atoms with E-state index in [1.807, 2.05) is 13.8 Å². The highest BCUT2D eigenvalue weighted by atomic mass is 32.2. The van der Waals surface area contributed by atoms with Crippen LogP contribution in [0.1, 0.15) is 34.6 Å². The van der Waals surface area contributed by atoms with Crippen molar-refractivity contribution in [3.8, 4) is 5.75 Å². The van der Waals surface area contributed by atoms with Crippen LogP contribution in [-0.2, 0) is 10.9 Å². The predicted molar refractivity (Wildman–Crippen MR) is 113 cm³/mol. The third-order valence-corrected chi connectivity index (χ3v) is 5.67. The van der Waals surface area contributed by atoms with Gasteiger partial charge in [0.15, 0.2) is 14.7 Å². The smallest absolute Gasteiger partial charge is 0.166 e. The molecule has 0 saturated heterocycles. The molecule has 0 N–H and O–H groups in total. The Hall–Kier alpha value is -2.19. The second kappa shape index (κ2) is 9.49. The maximum Gasteiger partial charge on any atom is 0.166 e. The lowest BCUT2D eigenvalue weighted by Crippen LogP contribution is -2.22. The lowest BCUT2D eigenvalue weighted by molar-refractivity contribution is 0.131. The SMILES string of the molecule is CC.CC(C)(C)Oc1ccc([S+](c2ccccc2)c2ccccc2)cc1. The van der Waals surface area contributed by atoms with Gasteiger partial charge < -0.3 is 4.74 Å². The first kappa shape index (κ1) is 20.1. The minimum atomic E-state index is -0.179. The molecule has 3 rings (SSSR count). The van der Waals surface area contributed by atoms with Crippen LogP contribution in [0.15, 0.2) is 99.6 Å². The Balaban J connectivity index is 0.00000117. The van der Waals surface area contributed by atoms with Crippen molar-refractivity contribution in [2.75, 3.05) is 0 Å². The first-order valence-electron chi connectivity index (χ1n) is 9.16. The summed E-state index contributed by atoms with van der Waals surface area (Å²) in [6, 6.07) is 29.9. The molecule has 0 aliphatic heterocycles. The molecule has 0 heterocycles. The highest BCUT2D eigenvalue weighted by Gasteiger charge is 2.28. The normalized spacial score (nSPS) is 10.8. The van der Waals surface area contributed by atoms with Crippen LogP contribution in [0.25, 0.3) is 0 Å². The van der Waals surface area contributed by atoms with Crippen LogP contribution in [0.4, 0.5) is 0 Å². The summed E-state index contributed by atoms with van der Waals surface area (Å²) in [5.41, 5.74) is -0.179. The molecule has 26 heavy (non-hydrogen) atoms. The monoisotopic (exact) mass is 365 g/mol. The van der Waals surface area contributed by atoms with Crippen molar-refractivity contribution in [1.82, 2.24) is 0 Å². The van der Waals surface area contributed by atoms with Gasteiger partial charge in [0.05, 0.1) is 10.9 Å². The van der Waals surface area contributed by atoms with Crippen LogP contribution < -0.4 is 4.74 Å². The maximum absolute atomic E-state index is 5.95. The summed E-state index contributed by atoms with van der Waals surface area (Å²) in [5, 5.41) is 0. The van der Waals surface area contributed by atoms with Gasteiger partial charge in [0, 0.05) is 0 Å². The minimum Gasteiger partial charge on any atom is -0.488 e. The average molecular weight is 366 g/mol. The maximum atomic E-state index is 5.95. The lowest BCUT2D eigenvalue weighted by Gasteiger charge is -2.21. The number of hydrogen-bond donors (Lipinski definition) is 0. The van der Waals surface area contributed by atoms with Crippen LogP contribution in [-0.4, -0.2) is 5.60 Å². The third kappa shape index (κ3) is 5.67. The second-order valence-corrected chi connectivity index (χ2v) is 8.64. The molecule has 1 nitrogen and oxygen atoms in total. The van der Waals surface area contributed by atoms with Gasteiger partial charge in [-0.25, -0.2) is 0 Å². The van der Waals surface area contributed by atoms with E-state index >= 15 is 0 Å². The quantitative estimate of drug-likeness (QED) is 0.453. The molecule has 0 amide bonds. The summed E-state index contributed by atoms with van der Waals surface area (Å²) in [7, 11) is -0.102. The van der Waals surface area contributed by atoms with Gasteiger partial charge in [0.1, 0.15) is 11.4 Å². The minimum absolute atomic E-state index is 0.102. The van der Waals surface area contributed by atoms with E-state index in [1.165, 1.54) is 14.7 Å². The van der Waals surface area contributed by atoms with E-state index in [-0.39, 0.29) is 16.5 Å². The average Bonchev–Trinajstić information content (AvgIpc) is 2.66. The van der Waals surface area contributed by atoms with Crippen LogP contribution in [0, 0.1) is 0 Å². The van der Waals surface area contributed by atoms with Crippen LogP contribution in [0.5, 0.6) is 5.75 Å². The van der Waals surface area contributed by atoms with Crippen LogP contribution in [0.3, 0.4) is 0 Å². The van der Waals surface area contributed by atoms with Crippen molar-refractivity contribution >= 4 is 10.9 Å². The first-order valence-corrected chi connectivity index (χ1v) is 10.4. The van der Waals surface area contributed by atoms with E-state index in [0.717, 1.165) is 5.75 Å². The number of benzene rings is 3. The Labute approximate surface area is 161 Å². The summed E-state index contributed by atoms with van der Waals surface area (Å²) in [4.78, 5) is 3.95. The standard InChI is InChI=1S/C22H23OS.C2H6/c1-22(2,3)23-18-14-16-21(17-15-18)24(19-10-6-4-7-11-19)20-12-8-5-9-13-20;1-2/h4-17H,1-3H3;1-2H3/q+1;. The van der Waals surface area contributed by atoms with Crippen molar-refractivity contribution in [1.29, 1.82) is 0 Å². The van der Waals surface area contributed by atoms with Crippen molar-refractivity contribution < 1.29 is 4.74 Å². The number of ether oxygens (including phenoxy) is 1. The Morgan fingerprint density at radius 1 is 0.577 bits per heavy atom. The van der Waals surface area contributed by atoms with E-state index in [4.69, 9.17) is 4.74 Å². The number of hydrogen-bond acceptors (Lipinski definition) is 1. The Morgan fingerprint density at radius 3 is 1.35 bits per heavy atom. The third-order valence-electron chi connectivity index (χ3n) is 3.44. The predicted octanol–water partition coefficient (Wildman–Crippen LogP) is 6.99. The molecule has 0 fully saturated rings. The summed E-state index contributed by atoms with van der Waals surface area (Å²) >= 11 is 0. The zero-order chi connectivity index (χ0) is 19.0. The van der Waals surface area contributed by atoms with E-state index in [0.29, 0.717) is 0 Å². The Bertz CT molecular complexity index is 719. The fraction of sp³-hybridized carbons (Fsp3) is 0.250. The fourth-order valence-electron chi connectivity index (χ4n) is 2.52. The van der Waals surface area contributed by atoms with Gasteiger partial charge in [0.25, 0.3) is 0 Å². The topological polar surface area (TPSA) is 9.23 Å². The molecule has 0 aliphatic rings. The molecule has 0 bridgehead atoms. The zero-order valence-electron chi connectivity index (χ0n) is 16.4. The highest BCUT2D eigenvalue weighted by Crippen LogP contribution is 2.32. The molecule has 0 aliphatic carbocycles. The molecule has 3 aromatic carbocycles. The Morgan fingerprint density at radius 2 is 0.962 bits per heavy atom. The lowest BCUT2D eigenvalue weighted by atomic mass is 10.2. The summed E-state index contributed by atoms with van der Waals surface area (Å²) in [6.45, 7) is 10.2. The van der Waals surface area contributed by atoms with Gasteiger partial charge >= 0.3 is 0 Å². The molecule has 0 unspecified atom stereocenters. The zero-order valence-corrected chi connectivity index (χ0v) is 17.2. The van der Waals surface area contributed by atoms with Gasteiger partial charge in [-0.05, 0) is 69.3 Å². The molecule has 0 saturated carbocycles. The summed E-state index contributed by atoms with van der Waals surface area (Å²) in [5.74, 6) is 0.913. The van der Waals surface area contributed by atoms with Crippen molar-refractivity contribution in [2.24, 2.45) is 0 Å². The van der Waals surface area contributed by atoms with Crippen molar-refractivity contribution in [3.63, 3.8) is 0 Å².